The molecule has 3 aromatic rings. The number of nitrogens with one attached hydrogen (secondary N) is 2. The summed E-state index contributed by atoms with van der Waals surface area (Å²) in [6.07, 6.45) is 2.46. The van der Waals surface area contributed by atoms with Gasteiger partial charge in [-0.3, -0.25) is 0 Å². The van der Waals surface area contributed by atoms with Crippen LogP contribution in [0.3, 0.4) is 0 Å². The van der Waals surface area contributed by atoms with Gasteiger partial charge in [0.2, 0.25) is 5.13 Å². The van der Waals surface area contributed by atoms with E-state index in [9.17, 15) is 0 Å². The van der Waals surface area contributed by atoms with Crippen LogP contribution in [0, 0.1) is 3.95 Å². The minimum Gasteiger partial charge on any atom is -0.363 e. The Kier molecular flexibility index (Phi) is 4.62. The average Bonchev–Trinajstić information content (AvgIpc) is 3.19. The standard InChI is InChI=1S/C16H19N5S3/c1-17-15-19-21(16(22)24-15)10-20-8-4-5-11(9-20)14-18-12-6-2-3-7-13(12)23-14/h2-3,6-7,11H,4-5,8-10H2,1H3,(H,17,19)/p+1/t11-/m0/s1. The van der Waals surface area contributed by atoms with Crippen molar-refractivity contribution in [3.8, 4) is 0 Å². The van der Waals surface area contributed by atoms with Crippen LogP contribution in [0.1, 0.15) is 23.8 Å². The molecule has 1 unspecified atom stereocenters. The third-order valence-electron chi connectivity index (χ3n) is 4.47. The van der Waals surface area contributed by atoms with Gasteiger partial charge in [-0.1, -0.05) is 23.5 Å². The Morgan fingerprint density at radius 1 is 1.38 bits per heavy atom. The van der Waals surface area contributed by atoms with Gasteiger partial charge in [0.15, 0.2) is 10.6 Å². The van der Waals surface area contributed by atoms with E-state index in [1.165, 1.54) is 45.3 Å². The molecule has 2 N–H and O–H groups in total. The molecule has 3 heterocycles. The van der Waals surface area contributed by atoms with Gasteiger partial charge < -0.3 is 10.2 Å². The summed E-state index contributed by atoms with van der Waals surface area (Å²) in [5.74, 6) is 0.544. The Balaban J connectivity index is 1.50. The molecule has 2 aromatic heterocycles. The van der Waals surface area contributed by atoms with Crippen molar-refractivity contribution in [2.45, 2.75) is 25.4 Å². The number of quaternary nitrogens is 1. The molecular formula is C16H20N5S3+. The molecule has 1 aliphatic heterocycles. The number of para-hydroxylation sites is 1. The number of fused-ring (bicyclic) bond motifs is 1. The highest BCUT2D eigenvalue weighted by Crippen LogP contribution is 2.30. The summed E-state index contributed by atoms with van der Waals surface area (Å²) in [7, 11) is 1.88. The first-order valence-electron chi connectivity index (χ1n) is 8.17. The van der Waals surface area contributed by atoms with Crippen LogP contribution in [-0.2, 0) is 6.67 Å². The lowest BCUT2D eigenvalue weighted by atomic mass is 9.99. The molecule has 0 radical (unpaired) electrons. The molecule has 1 fully saturated rings. The summed E-state index contributed by atoms with van der Waals surface area (Å²) in [6.45, 7) is 3.13. The van der Waals surface area contributed by atoms with E-state index in [0.717, 1.165) is 27.8 Å². The molecular weight excluding hydrogens is 358 g/mol. The number of benzene rings is 1. The van der Waals surface area contributed by atoms with Crippen LogP contribution in [0.25, 0.3) is 10.2 Å². The van der Waals surface area contributed by atoms with Gasteiger partial charge in [-0.05, 0) is 37.2 Å². The maximum absolute atomic E-state index is 5.43. The third-order valence-corrected chi connectivity index (χ3v) is 7.00. The Hall–Kier alpha value is -1.35. The normalized spacial score (nSPS) is 21.2. The summed E-state index contributed by atoms with van der Waals surface area (Å²) >= 11 is 8.81. The van der Waals surface area contributed by atoms with Crippen LogP contribution < -0.4 is 10.2 Å². The van der Waals surface area contributed by atoms with E-state index in [2.05, 4.69) is 34.7 Å². The number of hydrogen-bond donors (Lipinski definition) is 2. The minimum atomic E-state index is 0.544. The molecule has 126 valence electrons. The number of piperidine rings is 1. The van der Waals surface area contributed by atoms with Crippen molar-refractivity contribution in [3.05, 3.63) is 33.2 Å². The number of likely N-dealkylation sites (tertiary alicyclic amines) is 1. The predicted octanol–water partition coefficient (Wildman–Crippen LogP) is 2.75. The molecule has 0 saturated carbocycles. The molecule has 8 heteroatoms. The van der Waals surface area contributed by atoms with Gasteiger partial charge in [-0.2, -0.15) is 4.68 Å². The smallest absolute Gasteiger partial charge is 0.204 e. The Morgan fingerprint density at radius 2 is 2.25 bits per heavy atom. The van der Waals surface area contributed by atoms with Crippen LogP contribution in [0.4, 0.5) is 5.13 Å². The van der Waals surface area contributed by atoms with Crippen LogP contribution >= 0.6 is 34.9 Å². The largest absolute Gasteiger partial charge is 0.363 e. The Labute approximate surface area is 154 Å². The van der Waals surface area contributed by atoms with E-state index in [1.54, 1.807) is 0 Å². The van der Waals surface area contributed by atoms with Crippen LogP contribution in [0.2, 0.25) is 0 Å². The van der Waals surface area contributed by atoms with Gasteiger partial charge in [-0.25, -0.2) is 4.98 Å². The monoisotopic (exact) mass is 378 g/mol. The number of thiazole rings is 1. The second kappa shape index (κ2) is 6.87. The first-order valence-corrected chi connectivity index (χ1v) is 10.2. The summed E-state index contributed by atoms with van der Waals surface area (Å²) in [6, 6.07) is 8.42. The van der Waals surface area contributed by atoms with Crippen LogP contribution in [-0.4, -0.2) is 34.9 Å². The van der Waals surface area contributed by atoms with Crippen molar-refractivity contribution >= 4 is 50.2 Å². The zero-order valence-corrected chi connectivity index (χ0v) is 15.9. The van der Waals surface area contributed by atoms with E-state index < -0.39 is 0 Å². The number of aromatic nitrogens is 3. The van der Waals surface area contributed by atoms with Gasteiger partial charge in [0.1, 0.15) is 5.01 Å². The van der Waals surface area contributed by atoms with Crippen molar-refractivity contribution in [2.24, 2.45) is 0 Å². The number of hydrogen-bond acceptors (Lipinski definition) is 6. The first-order chi connectivity index (χ1) is 11.7. The highest BCUT2D eigenvalue weighted by atomic mass is 32.1. The van der Waals surface area contributed by atoms with Crippen LogP contribution in [0.5, 0.6) is 0 Å². The van der Waals surface area contributed by atoms with Gasteiger partial charge in [-0.15, -0.1) is 16.4 Å². The molecule has 1 aromatic carbocycles. The molecule has 24 heavy (non-hydrogen) atoms. The predicted molar refractivity (Wildman–Crippen MR) is 103 cm³/mol. The average molecular weight is 379 g/mol. The third kappa shape index (κ3) is 3.23. The second-order valence-corrected chi connectivity index (χ2v) is 8.83. The SMILES string of the molecule is CNc1nn(C[NH+]2CCC[C@H](c3nc4ccccc4s3)C2)c(=S)s1. The van der Waals surface area contributed by atoms with E-state index in [0.29, 0.717) is 5.92 Å². The van der Waals surface area contributed by atoms with Crippen molar-refractivity contribution in [1.82, 2.24) is 14.8 Å². The van der Waals surface area contributed by atoms with E-state index in [-0.39, 0.29) is 0 Å². The van der Waals surface area contributed by atoms with Crippen molar-refractivity contribution in [1.29, 1.82) is 0 Å². The molecule has 2 atom stereocenters. The Bertz CT molecular complexity index is 863. The van der Waals surface area contributed by atoms with Crippen molar-refractivity contribution in [2.75, 3.05) is 25.5 Å². The van der Waals surface area contributed by atoms with Crippen molar-refractivity contribution < 1.29 is 4.90 Å². The fourth-order valence-corrected chi connectivity index (χ4v) is 5.35. The number of anilines is 1. The van der Waals surface area contributed by atoms with Gasteiger partial charge in [0.25, 0.3) is 0 Å². The highest BCUT2D eigenvalue weighted by molar-refractivity contribution is 7.73. The van der Waals surface area contributed by atoms with E-state index in [4.69, 9.17) is 17.2 Å². The fourth-order valence-electron chi connectivity index (χ4n) is 3.29. The van der Waals surface area contributed by atoms with Crippen LogP contribution in [0.15, 0.2) is 24.3 Å². The fraction of sp³-hybridized carbons (Fsp3) is 0.438. The molecule has 0 aliphatic carbocycles. The summed E-state index contributed by atoms with van der Waals surface area (Å²) in [5.41, 5.74) is 1.13. The maximum Gasteiger partial charge on any atom is 0.204 e. The molecule has 5 nitrogen and oxygen atoms in total. The zero-order chi connectivity index (χ0) is 16.5. The van der Waals surface area contributed by atoms with Gasteiger partial charge in [0.05, 0.1) is 29.2 Å². The quantitative estimate of drug-likeness (QED) is 0.686. The lowest BCUT2D eigenvalue weighted by Crippen LogP contribution is -3.12. The topological polar surface area (TPSA) is 47.2 Å². The highest BCUT2D eigenvalue weighted by Gasteiger charge is 2.27. The second-order valence-electron chi connectivity index (χ2n) is 6.14. The van der Waals surface area contributed by atoms with Crippen molar-refractivity contribution in [3.63, 3.8) is 0 Å². The molecule has 1 saturated heterocycles. The molecule has 0 amide bonds. The lowest BCUT2D eigenvalue weighted by Gasteiger charge is -2.28. The van der Waals surface area contributed by atoms with Gasteiger partial charge >= 0.3 is 0 Å². The zero-order valence-electron chi connectivity index (χ0n) is 13.5. The summed E-state index contributed by atoms with van der Waals surface area (Å²) < 4.78 is 4.09. The van der Waals surface area contributed by atoms with E-state index in [1.807, 2.05) is 23.1 Å². The molecule has 0 bridgehead atoms. The van der Waals surface area contributed by atoms with Gasteiger partial charge in [0, 0.05) is 7.05 Å². The lowest BCUT2D eigenvalue weighted by molar-refractivity contribution is -0.929. The molecule has 1 aliphatic rings. The first kappa shape index (κ1) is 16.1. The Morgan fingerprint density at radius 3 is 3.04 bits per heavy atom. The van der Waals surface area contributed by atoms with E-state index >= 15 is 0 Å². The molecule has 0 spiro atoms. The number of rotatable bonds is 4. The molecule has 4 rings (SSSR count). The number of nitrogens with zero attached hydrogens (tertiary/aromatic N) is 3. The summed E-state index contributed by atoms with van der Waals surface area (Å²) in [5, 5.41) is 9.79. The maximum atomic E-state index is 5.43. The minimum absolute atomic E-state index is 0.544. The summed E-state index contributed by atoms with van der Waals surface area (Å²) in [4.78, 5) is 6.40.